The van der Waals surface area contributed by atoms with Gasteiger partial charge < -0.3 is 10.3 Å². The zero-order valence-electron chi connectivity index (χ0n) is 9.47. The Bertz CT molecular complexity index is 340. The summed E-state index contributed by atoms with van der Waals surface area (Å²) in [6.07, 6.45) is 7.83. The van der Waals surface area contributed by atoms with Crippen LogP contribution in [0.3, 0.4) is 0 Å². The molecule has 0 aromatic heterocycles. The molecule has 1 aliphatic carbocycles. The Hall–Kier alpha value is -1.80. The third-order valence-electron chi connectivity index (χ3n) is 2.33. The van der Waals surface area contributed by atoms with Crippen molar-refractivity contribution >= 4 is 6.41 Å². The maximum Gasteiger partial charge on any atom is 0.209 e. The molecule has 0 aromatic rings. The monoisotopic (exact) mass is 220 g/mol. The van der Waals surface area contributed by atoms with Crippen molar-refractivity contribution in [3.05, 3.63) is 23.9 Å². The van der Waals surface area contributed by atoms with Crippen LogP contribution in [0.15, 0.2) is 23.9 Å². The van der Waals surface area contributed by atoms with Crippen molar-refractivity contribution in [2.24, 2.45) is 5.92 Å². The highest BCUT2D eigenvalue weighted by Gasteiger charge is 2.30. The van der Waals surface area contributed by atoms with E-state index in [4.69, 9.17) is 5.26 Å². The topological polar surface area (TPSA) is 68.2 Å². The lowest BCUT2D eigenvalue weighted by atomic mass is 9.93. The first kappa shape index (κ1) is 12.3. The lowest BCUT2D eigenvalue weighted by Gasteiger charge is -2.11. The number of hydrogen-bond acceptors (Lipinski definition) is 4. The second kappa shape index (κ2) is 5.93. The Morgan fingerprint density at radius 2 is 2.31 bits per heavy atom. The molecule has 1 fully saturated rings. The van der Waals surface area contributed by atoms with Crippen LogP contribution < -0.4 is 10.9 Å². The van der Waals surface area contributed by atoms with Crippen molar-refractivity contribution in [1.82, 2.24) is 15.8 Å². The van der Waals surface area contributed by atoms with Crippen LogP contribution in [0, 0.1) is 17.2 Å². The fraction of sp³-hybridized carbons (Fsp3) is 0.455. The third-order valence-corrected chi connectivity index (χ3v) is 2.33. The van der Waals surface area contributed by atoms with Crippen LogP contribution in [-0.2, 0) is 4.79 Å². The summed E-state index contributed by atoms with van der Waals surface area (Å²) in [4.78, 5) is 10.9. The van der Waals surface area contributed by atoms with Gasteiger partial charge in [-0.05, 0) is 12.5 Å². The van der Waals surface area contributed by atoms with Gasteiger partial charge in [0.1, 0.15) is 6.04 Å². The molecule has 2 aliphatic rings. The van der Waals surface area contributed by atoms with Crippen molar-refractivity contribution < 1.29 is 4.79 Å². The number of carbonyl (C=O) groups excluding carboxylic acids is 1. The molecule has 5 nitrogen and oxygen atoms in total. The van der Waals surface area contributed by atoms with Crippen molar-refractivity contribution in [3.8, 4) is 6.07 Å². The molecule has 2 N–H and O–H groups in total. The molecule has 1 saturated heterocycles. The molecular weight excluding hydrogens is 204 g/mol. The van der Waals surface area contributed by atoms with Gasteiger partial charge in [-0.2, -0.15) is 5.26 Å². The van der Waals surface area contributed by atoms with Gasteiger partial charge in [0.25, 0.3) is 0 Å². The second-order valence-corrected chi connectivity index (χ2v) is 3.84. The lowest BCUT2D eigenvalue weighted by molar-refractivity contribution is -0.115. The number of rotatable bonds is 1. The van der Waals surface area contributed by atoms with Gasteiger partial charge in [0, 0.05) is 25.7 Å². The molecule has 0 saturated carbocycles. The Morgan fingerprint density at radius 3 is 2.88 bits per heavy atom. The molecule has 5 heteroatoms. The highest BCUT2D eigenvalue weighted by atomic mass is 16.1. The summed E-state index contributed by atoms with van der Waals surface area (Å²) in [5.41, 5.74) is 7.06. The summed E-state index contributed by atoms with van der Waals surface area (Å²) in [5.74, 6) is 0.338. The number of nitrogens with one attached hydrogen (secondary N) is 2. The number of nitriles is 1. The van der Waals surface area contributed by atoms with Crippen molar-refractivity contribution in [2.75, 3.05) is 14.1 Å². The minimum atomic E-state index is -0.0637. The molecule has 1 amide bonds. The Balaban J connectivity index is 0.000000221. The zero-order chi connectivity index (χ0) is 12.0. The predicted molar refractivity (Wildman–Crippen MR) is 60.8 cm³/mol. The SMILES string of the molecule is CN(C)C=O.N#CC1NNC2=CC=CCC21. The average molecular weight is 220 g/mol. The lowest BCUT2D eigenvalue weighted by Crippen LogP contribution is -2.29. The summed E-state index contributed by atoms with van der Waals surface area (Å²) < 4.78 is 0. The van der Waals surface area contributed by atoms with Gasteiger partial charge in [-0.15, -0.1) is 0 Å². The average Bonchev–Trinajstić information content (AvgIpc) is 2.72. The van der Waals surface area contributed by atoms with E-state index in [2.05, 4.69) is 23.0 Å². The van der Waals surface area contributed by atoms with Crippen LogP contribution in [0.2, 0.25) is 0 Å². The minimum absolute atomic E-state index is 0.0637. The van der Waals surface area contributed by atoms with E-state index in [1.54, 1.807) is 14.1 Å². The van der Waals surface area contributed by atoms with Gasteiger partial charge >= 0.3 is 0 Å². The van der Waals surface area contributed by atoms with Gasteiger partial charge in [0.2, 0.25) is 6.41 Å². The number of carbonyl (C=O) groups is 1. The Morgan fingerprint density at radius 1 is 1.62 bits per heavy atom. The number of hydrogen-bond donors (Lipinski definition) is 2. The minimum Gasteiger partial charge on any atom is -0.351 e. The molecular formula is C11H16N4O. The van der Waals surface area contributed by atoms with Crippen LogP contribution in [0.4, 0.5) is 0 Å². The zero-order valence-corrected chi connectivity index (χ0v) is 9.47. The maximum atomic E-state index is 9.43. The van der Waals surface area contributed by atoms with Crippen LogP contribution in [-0.4, -0.2) is 31.4 Å². The molecule has 2 unspecified atom stereocenters. The summed E-state index contributed by atoms with van der Waals surface area (Å²) in [5, 5.41) is 8.70. The first-order valence-electron chi connectivity index (χ1n) is 5.08. The van der Waals surface area contributed by atoms with E-state index in [-0.39, 0.29) is 6.04 Å². The highest BCUT2D eigenvalue weighted by molar-refractivity contribution is 5.45. The molecule has 1 heterocycles. The molecule has 0 spiro atoms. The fourth-order valence-corrected chi connectivity index (χ4v) is 1.48. The van der Waals surface area contributed by atoms with Crippen molar-refractivity contribution in [1.29, 1.82) is 5.26 Å². The molecule has 86 valence electrons. The van der Waals surface area contributed by atoms with Gasteiger partial charge in [-0.25, -0.2) is 5.43 Å². The molecule has 1 aliphatic heterocycles. The van der Waals surface area contributed by atoms with E-state index in [1.807, 2.05) is 12.2 Å². The second-order valence-electron chi connectivity index (χ2n) is 3.84. The van der Waals surface area contributed by atoms with E-state index in [9.17, 15) is 4.79 Å². The first-order chi connectivity index (χ1) is 7.69. The molecule has 2 atom stereocenters. The highest BCUT2D eigenvalue weighted by Crippen LogP contribution is 2.24. The van der Waals surface area contributed by atoms with Crippen LogP contribution >= 0.6 is 0 Å². The van der Waals surface area contributed by atoms with E-state index in [1.165, 1.54) is 4.90 Å². The molecule has 0 radical (unpaired) electrons. The van der Waals surface area contributed by atoms with Crippen LogP contribution in [0.1, 0.15) is 6.42 Å². The van der Waals surface area contributed by atoms with Crippen molar-refractivity contribution in [3.63, 3.8) is 0 Å². The number of allylic oxidation sites excluding steroid dienone is 3. The van der Waals surface area contributed by atoms with Crippen LogP contribution in [0.5, 0.6) is 0 Å². The Labute approximate surface area is 95.4 Å². The maximum absolute atomic E-state index is 9.43. The Kier molecular flexibility index (Phi) is 4.55. The summed E-state index contributed by atoms with van der Waals surface area (Å²) in [6, 6.07) is 2.15. The standard InChI is InChI=1S/C8H9N3.C3H7NO/c9-5-8-6-3-1-2-4-7(6)10-11-8;1-4(2)3-5/h1-2,4,6,8,10-11H,3H2;3H,1-2H3. The number of nitrogens with zero attached hydrogens (tertiary/aromatic N) is 2. The summed E-state index contributed by atoms with van der Waals surface area (Å²) >= 11 is 0. The molecule has 0 aromatic carbocycles. The number of amides is 1. The normalized spacial score (nSPS) is 25.2. The predicted octanol–water partition coefficient (Wildman–Crippen LogP) is 0.151. The van der Waals surface area contributed by atoms with Crippen molar-refractivity contribution in [2.45, 2.75) is 12.5 Å². The number of hydrazine groups is 1. The van der Waals surface area contributed by atoms with E-state index >= 15 is 0 Å². The smallest absolute Gasteiger partial charge is 0.209 e. The van der Waals surface area contributed by atoms with Crippen LogP contribution in [0.25, 0.3) is 0 Å². The van der Waals surface area contributed by atoms with E-state index in [0.717, 1.165) is 18.5 Å². The largest absolute Gasteiger partial charge is 0.351 e. The van der Waals surface area contributed by atoms with Gasteiger partial charge in [-0.3, -0.25) is 4.79 Å². The summed E-state index contributed by atoms with van der Waals surface area (Å²) in [7, 11) is 3.38. The summed E-state index contributed by atoms with van der Waals surface area (Å²) in [6.45, 7) is 0. The third kappa shape index (κ3) is 3.11. The number of fused-ring (bicyclic) bond motifs is 1. The molecule has 2 rings (SSSR count). The van der Waals surface area contributed by atoms with E-state index in [0.29, 0.717) is 5.92 Å². The molecule has 16 heavy (non-hydrogen) atoms. The van der Waals surface area contributed by atoms with Gasteiger partial charge in [0.05, 0.1) is 6.07 Å². The van der Waals surface area contributed by atoms with Gasteiger partial charge in [-0.1, -0.05) is 12.2 Å². The fourth-order valence-electron chi connectivity index (χ4n) is 1.48. The van der Waals surface area contributed by atoms with Gasteiger partial charge in [0.15, 0.2) is 0 Å². The molecule has 0 bridgehead atoms. The van der Waals surface area contributed by atoms with E-state index < -0.39 is 0 Å². The first-order valence-corrected chi connectivity index (χ1v) is 5.08. The quantitative estimate of drug-likeness (QED) is 0.617.